The minimum atomic E-state index is 0.00442. The molecule has 0 aliphatic carbocycles. The molecular formula is C16H19ClN4O. The van der Waals surface area contributed by atoms with Crippen molar-refractivity contribution in [2.75, 3.05) is 32.7 Å². The normalized spacial score (nSPS) is 25.1. The lowest BCUT2D eigenvalue weighted by Crippen LogP contribution is -2.33. The van der Waals surface area contributed by atoms with Crippen LogP contribution >= 0.6 is 11.6 Å². The number of aromatic nitrogens is 2. The number of nitrogens with zero attached hydrogens (tertiary/aromatic N) is 3. The third kappa shape index (κ3) is 2.29. The molecule has 2 saturated heterocycles. The van der Waals surface area contributed by atoms with E-state index in [2.05, 4.69) is 21.8 Å². The first-order valence-electron chi connectivity index (χ1n) is 7.81. The van der Waals surface area contributed by atoms with E-state index >= 15 is 0 Å². The van der Waals surface area contributed by atoms with Crippen LogP contribution in [0, 0.1) is 11.8 Å². The van der Waals surface area contributed by atoms with Gasteiger partial charge in [-0.2, -0.15) is 0 Å². The van der Waals surface area contributed by atoms with Gasteiger partial charge >= 0.3 is 0 Å². The highest BCUT2D eigenvalue weighted by molar-refractivity contribution is 6.31. The number of halogens is 1. The van der Waals surface area contributed by atoms with E-state index in [9.17, 15) is 4.79 Å². The Bertz CT molecular complexity index is 714. The lowest BCUT2D eigenvalue weighted by Gasteiger charge is -2.19. The summed E-state index contributed by atoms with van der Waals surface area (Å²) in [5.41, 5.74) is 1.59. The molecule has 116 valence electrons. The van der Waals surface area contributed by atoms with Crippen LogP contribution < -0.4 is 0 Å². The molecule has 0 radical (unpaired) electrons. The molecule has 1 amide bonds. The third-order valence-electron chi connectivity index (χ3n) is 4.94. The molecule has 0 saturated carbocycles. The first-order valence-corrected chi connectivity index (χ1v) is 8.18. The van der Waals surface area contributed by atoms with Gasteiger partial charge in [-0.15, -0.1) is 0 Å². The highest BCUT2D eigenvalue weighted by Crippen LogP contribution is 2.31. The van der Waals surface area contributed by atoms with E-state index in [1.165, 1.54) is 0 Å². The standard InChI is InChI=1S/C16H19ClN4O/c1-2-20-6-10-8-21(9-11(10)7-20)16(22)15-18-13-4-3-12(17)5-14(13)19-15/h3-5,10-11H,2,6-9H2,1H3,(H,18,19)/t10-,11+. The molecule has 0 spiro atoms. The summed E-state index contributed by atoms with van der Waals surface area (Å²) < 4.78 is 0. The Kier molecular flexibility index (Phi) is 3.35. The molecule has 4 rings (SSSR count). The van der Waals surface area contributed by atoms with Crippen molar-refractivity contribution in [3.63, 3.8) is 0 Å². The Morgan fingerprint density at radius 2 is 2.05 bits per heavy atom. The number of rotatable bonds is 2. The summed E-state index contributed by atoms with van der Waals surface area (Å²) in [4.78, 5) is 24.6. The number of imidazole rings is 1. The van der Waals surface area contributed by atoms with Gasteiger partial charge in [-0.1, -0.05) is 18.5 Å². The van der Waals surface area contributed by atoms with Gasteiger partial charge in [0.25, 0.3) is 5.91 Å². The van der Waals surface area contributed by atoms with E-state index in [4.69, 9.17) is 11.6 Å². The highest BCUT2D eigenvalue weighted by Gasteiger charge is 2.41. The maximum absolute atomic E-state index is 12.7. The van der Waals surface area contributed by atoms with Gasteiger partial charge in [0.1, 0.15) is 0 Å². The number of hydrogen-bond donors (Lipinski definition) is 1. The molecule has 22 heavy (non-hydrogen) atoms. The zero-order valence-corrected chi connectivity index (χ0v) is 13.3. The van der Waals surface area contributed by atoms with Gasteiger partial charge < -0.3 is 14.8 Å². The second-order valence-electron chi connectivity index (χ2n) is 6.33. The Labute approximate surface area is 134 Å². The molecule has 6 heteroatoms. The van der Waals surface area contributed by atoms with Crippen LogP contribution in [0.5, 0.6) is 0 Å². The van der Waals surface area contributed by atoms with E-state index in [0.29, 0.717) is 22.7 Å². The number of carbonyl (C=O) groups excluding carboxylic acids is 1. The average Bonchev–Trinajstić information content (AvgIpc) is 3.17. The first kappa shape index (κ1) is 14.0. The third-order valence-corrected chi connectivity index (χ3v) is 5.18. The molecule has 2 aliphatic heterocycles. The fourth-order valence-electron chi connectivity index (χ4n) is 3.75. The number of hydrogen-bond acceptors (Lipinski definition) is 3. The molecule has 0 bridgehead atoms. The SMILES string of the molecule is CCN1C[C@@H]2CN(C(=O)c3nc4ccc(Cl)cc4[nH]3)C[C@@H]2C1. The summed E-state index contributed by atoms with van der Waals surface area (Å²) in [6, 6.07) is 5.43. The predicted octanol–water partition coefficient (Wildman–Crippen LogP) is 2.24. The van der Waals surface area contributed by atoms with Crippen LogP contribution in [0.15, 0.2) is 18.2 Å². The Morgan fingerprint density at radius 1 is 1.32 bits per heavy atom. The summed E-state index contributed by atoms with van der Waals surface area (Å²) in [6.45, 7) is 7.21. The molecule has 0 unspecified atom stereocenters. The Morgan fingerprint density at radius 3 is 2.73 bits per heavy atom. The minimum absolute atomic E-state index is 0.00442. The van der Waals surface area contributed by atoms with Gasteiger partial charge in [0.2, 0.25) is 0 Å². The molecule has 1 aromatic heterocycles. The van der Waals surface area contributed by atoms with Crippen LogP contribution in [-0.2, 0) is 0 Å². The first-order chi connectivity index (χ1) is 10.6. The van der Waals surface area contributed by atoms with Crippen molar-refractivity contribution in [1.82, 2.24) is 19.8 Å². The lowest BCUT2D eigenvalue weighted by molar-refractivity contribution is 0.0764. The molecule has 2 aliphatic rings. The molecule has 2 atom stereocenters. The van der Waals surface area contributed by atoms with Crippen LogP contribution in [0.25, 0.3) is 11.0 Å². The van der Waals surface area contributed by atoms with E-state index in [1.807, 2.05) is 11.0 Å². The van der Waals surface area contributed by atoms with Gasteiger partial charge in [0.05, 0.1) is 11.0 Å². The van der Waals surface area contributed by atoms with Gasteiger partial charge in [-0.3, -0.25) is 4.79 Å². The number of benzene rings is 1. The molecular weight excluding hydrogens is 300 g/mol. The van der Waals surface area contributed by atoms with Crippen molar-refractivity contribution in [3.8, 4) is 0 Å². The molecule has 3 heterocycles. The Balaban J connectivity index is 1.52. The smallest absolute Gasteiger partial charge is 0.289 e. The fraction of sp³-hybridized carbons (Fsp3) is 0.500. The van der Waals surface area contributed by atoms with Crippen LogP contribution in [-0.4, -0.2) is 58.4 Å². The van der Waals surface area contributed by atoms with Crippen LogP contribution in [0.4, 0.5) is 0 Å². The number of H-pyrrole nitrogens is 1. The number of nitrogens with one attached hydrogen (secondary N) is 1. The van der Waals surface area contributed by atoms with E-state index in [1.54, 1.807) is 12.1 Å². The zero-order valence-electron chi connectivity index (χ0n) is 12.6. The molecule has 2 fully saturated rings. The van der Waals surface area contributed by atoms with Gasteiger partial charge in [-0.25, -0.2) is 4.98 Å². The van der Waals surface area contributed by atoms with E-state index in [-0.39, 0.29) is 5.91 Å². The highest BCUT2D eigenvalue weighted by atomic mass is 35.5. The molecule has 5 nitrogen and oxygen atoms in total. The van der Waals surface area contributed by atoms with Gasteiger partial charge in [0.15, 0.2) is 5.82 Å². The second-order valence-corrected chi connectivity index (χ2v) is 6.77. The van der Waals surface area contributed by atoms with Crippen molar-refractivity contribution in [2.24, 2.45) is 11.8 Å². The van der Waals surface area contributed by atoms with Crippen molar-refractivity contribution in [1.29, 1.82) is 0 Å². The maximum Gasteiger partial charge on any atom is 0.289 e. The maximum atomic E-state index is 12.7. The Hall–Kier alpha value is -1.59. The number of fused-ring (bicyclic) bond motifs is 2. The summed E-state index contributed by atoms with van der Waals surface area (Å²) in [6.07, 6.45) is 0. The van der Waals surface area contributed by atoms with Gasteiger partial charge in [-0.05, 0) is 36.6 Å². The van der Waals surface area contributed by atoms with Crippen molar-refractivity contribution < 1.29 is 4.79 Å². The fourth-order valence-corrected chi connectivity index (χ4v) is 3.92. The van der Waals surface area contributed by atoms with E-state index in [0.717, 1.165) is 43.8 Å². The number of amides is 1. The number of aromatic amines is 1. The summed E-state index contributed by atoms with van der Waals surface area (Å²) in [7, 11) is 0. The van der Waals surface area contributed by atoms with E-state index < -0.39 is 0 Å². The molecule has 1 aromatic carbocycles. The van der Waals surface area contributed by atoms with Gasteiger partial charge in [0, 0.05) is 31.2 Å². The quantitative estimate of drug-likeness (QED) is 0.924. The summed E-state index contributed by atoms with van der Waals surface area (Å²) >= 11 is 5.98. The topological polar surface area (TPSA) is 52.2 Å². The summed E-state index contributed by atoms with van der Waals surface area (Å²) in [5.74, 6) is 1.65. The molecule has 1 N–H and O–H groups in total. The predicted molar refractivity (Wildman–Crippen MR) is 86.1 cm³/mol. The molecule has 2 aromatic rings. The van der Waals surface area contributed by atoms with Crippen molar-refractivity contribution in [3.05, 3.63) is 29.0 Å². The largest absolute Gasteiger partial charge is 0.335 e. The summed E-state index contributed by atoms with van der Waals surface area (Å²) in [5, 5.41) is 0.644. The van der Waals surface area contributed by atoms with Crippen LogP contribution in [0.1, 0.15) is 17.5 Å². The average molecular weight is 319 g/mol. The number of carbonyl (C=O) groups is 1. The minimum Gasteiger partial charge on any atom is -0.335 e. The monoisotopic (exact) mass is 318 g/mol. The zero-order chi connectivity index (χ0) is 15.3. The number of likely N-dealkylation sites (tertiary alicyclic amines) is 2. The van der Waals surface area contributed by atoms with Crippen LogP contribution in [0.3, 0.4) is 0 Å². The van der Waals surface area contributed by atoms with Crippen LogP contribution in [0.2, 0.25) is 5.02 Å². The van der Waals surface area contributed by atoms with Crippen molar-refractivity contribution >= 4 is 28.5 Å². The van der Waals surface area contributed by atoms with Crippen molar-refractivity contribution in [2.45, 2.75) is 6.92 Å². The lowest BCUT2D eigenvalue weighted by atomic mass is 10.0. The second kappa shape index (κ2) is 5.25.